The van der Waals surface area contributed by atoms with E-state index in [2.05, 4.69) is 5.32 Å². The van der Waals surface area contributed by atoms with Gasteiger partial charge in [-0.2, -0.15) is 0 Å². The van der Waals surface area contributed by atoms with Gasteiger partial charge in [0.05, 0.1) is 17.4 Å². The van der Waals surface area contributed by atoms with Gasteiger partial charge in [0, 0.05) is 18.2 Å². The van der Waals surface area contributed by atoms with Crippen LogP contribution in [0.1, 0.15) is 41.6 Å². The Morgan fingerprint density at radius 3 is 2.60 bits per heavy atom. The number of anilines is 1. The Hall–Kier alpha value is -2.09. The number of sulfonamides is 1. The van der Waals surface area contributed by atoms with E-state index < -0.39 is 21.9 Å². The van der Waals surface area contributed by atoms with Crippen LogP contribution >= 0.6 is 0 Å². The maximum atomic E-state index is 12.5. The summed E-state index contributed by atoms with van der Waals surface area (Å²) in [6.07, 6.45) is 2.62. The molecule has 0 bridgehead atoms. The van der Waals surface area contributed by atoms with Crippen molar-refractivity contribution in [2.75, 3.05) is 16.6 Å². The van der Waals surface area contributed by atoms with Crippen molar-refractivity contribution in [3.8, 4) is 0 Å². The second-order valence-electron chi connectivity index (χ2n) is 6.70. The van der Waals surface area contributed by atoms with Gasteiger partial charge in [-0.25, -0.2) is 8.42 Å². The number of nitrogens with one attached hydrogen (secondary N) is 1. The van der Waals surface area contributed by atoms with E-state index in [4.69, 9.17) is 0 Å². The number of rotatable bonds is 4. The molecule has 2 fully saturated rings. The first-order valence-corrected chi connectivity index (χ1v) is 10.1. The van der Waals surface area contributed by atoms with Gasteiger partial charge in [-0.15, -0.1) is 0 Å². The van der Waals surface area contributed by atoms with Gasteiger partial charge in [0.15, 0.2) is 0 Å². The fraction of sp³-hybridized carbons (Fsp3) is 0.529. The van der Waals surface area contributed by atoms with Crippen molar-refractivity contribution in [3.05, 3.63) is 29.3 Å². The fourth-order valence-corrected chi connectivity index (χ4v) is 5.22. The summed E-state index contributed by atoms with van der Waals surface area (Å²) in [5.41, 5.74) is 1.68. The third kappa shape index (κ3) is 3.49. The molecule has 136 valence electrons. The van der Waals surface area contributed by atoms with Crippen LogP contribution in [0.15, 0.2) is 18.2 Å². The molecule has 3 rings (SSSR count). The highest BCUT2D eigenvalue weighted by atomic mass is 32.2. The monoisotopic (exact) mass is 366 g/mol. The maximum Gasteiger partial charge on any atom is 0.308 e. The normalized spacial score (nSPS) is 25.1. The highest BCUT2D eigenvalue weighted by molar-refractivity contribution is 7.93. The summed E-state index contributed by atoms with van der Waals surface area (Å²) in [5.74, 6) is -1.59. The van der Waals surface area contributed by atoms with E-state index >= 15 is 0 Å². The number of nitrogens with zero attached hydrogens (tertiary/aromatic N) is 1. The van der Waals surface area contributed by atoms with Crippen molar-refractivity contribution in [2.24, 2.45) is 5.92 Å². The van der Waals surface area contributed by atoms with Crippen molar-refractivity contribution in [1.82, 2.24) is 5.32 Å². The van der Waals surface area contributed by atoms with Crippen LogP contribution in [-0.2, 0) is 14.8 Å². The van der Waals surface area contributed by atoms with Crippen LogP contribution in [-0.4, -0.2) is 43.7 Å². The summed E-state index contributed by atoms with van der Waals surface area (Å²) in [7, 11) is -3.26. The largest absolute Gasteiger partial charge is 0.481 e. The minimum absolute atomic E-state index is 0.145. The average molecular weight is 366 g/mol. The third-order valence-corrected chi connectivity index (χ3v) is 6.86. The van der Waals surface area contributed by atoms with E-state index in [9.17, 15) is 23.1 Å². The van der Waals surface area contributed by atoms with Crippen LogP contribution < -0.4 is 9.62 Å². The van der Waals surface area contributed by atoms with Crippen LogP contribution in [0.25, 0.3) is 0 Å². The van der Waals surface area contributed by atoms with E-state index in [0.717, 1.165) is 6.42 Å². The van der Waals surface area contributed by atoms with Crippen LogP contribution in [0.5, 0.6) is 0 Å². The van der Waals surface area contributed by atoms with E-state index in [-0.39, 0.29) is 17.7 Å². The van der Waals surface area contributed by atoms with Gasteiger partial charge in [0.25, 0.3) is 5.91 Å². The van der Waals surface area contributed by atoms with E-state index in [1.807, 2.05) is 0 Å². The molecule has 25 heavy (non-hydrogen) atoms. The van der Waals surface area contributed by atoms with Crippen molar-refractivity contribution in [3.63, 3.8) is 0 Å². The molecule has 1 aromatic rings. The van der Waals surface area contributed by atoms with Gasteiger partial charge in [0.1, 0.15) is 0 Å². The summed E-state index contributed by atoms with van der Waals surface area (Å²) in [4.78, 5) is 23.7. The molecular weight excluding hydrogens is 344 g/mol. The lowest BCUT2D eigenvalue weighted by Gasteiger charge is -2.20. The Bertz CT molecular complexity index is 805. The molecule has 1 amide bonds. The Balaban J connectivity index is 1.77. The first kappa shape index (κ1) is 17.7. The molecule has 0 radical (unpaired) electrons. The summed E-state index contributed by atoms with van der Waals surface area (Å²) in [6, 6.07) is 4.58. The van der Waals surface area contributed by atoms with E-state index in [0.29, 0.717) is 42.6 Å². The zero-order valence-corrected chi connectivity index (χ0v) is 14.9. The minimum Gasteiger partial charge on any atom is -0.481 e. The molecule has 1 saturated carbocycles. The number of benzene rings is 1. The number of hydrogen-bond donors (Lipinski definition) is 2. The van der Waals surface area contributed by atoms with Crippen LogP contribution in [0.4, 0.5) is 5.69 Å². The van der Waals surface area contributed by atoms with Crippen LogP contribution in [0.2, 0.25) is 0 Å². The smallest absolute Gasteiger partial charge is 0.308 e. The number of hydrogen-bond acceptors (Lipinski definition) is 4. The molecule has 2 N–H and O–H groups in total. The van der Waals surface area contributed by atoms with Gasteiger partial charge < -0.3 is 10.4 Å². The Labute approximate surface area is 147 Å². The summed E-state index contributed by atoms with van der Waals surface area (Å²) in [6.45, 7) is 2.21. The first-order chi connectivity index (χ1) is 11.8. The predicted molar refractivity (Wildman–Crippen MR) is 93.2 cm³/mol. The van der Waals surface area contributed by atoms with Gasteiger partial charge in [0.2, 0.25) is 10.0 Å². The lowest BCUT2D eigenvalue weighted by Crippen LogP contribution is -2.40. The van der Waals surface area contributed by atoms with Crippen molar-refractivity contribution in [1.29, 1.82) is 0 Å². The number of aryl methyl sites for hydroxylation is 1. The zero-order chi connectivity index (χ0) is 18.2. The highest BCUT2D eigenvalue weighted by Gasteiger charge is 2.34. The fourth-order valence-electron chi connectivity index (χ4n) is 3.66. The van der Waals surface area contributed by atoms with Gasteiger partial charge in [-0.1, -0.05) is 6.42 Å². The Kier molecular flexibility index (Phi) is 4.73. The lowest BCUT2D eigenvalue weighted by molar-refractivity contribution is -0.142. The quantitative estimate of drug-likeness (QED) is 0.841. The average Bonchev–Trinajstić information content (AvgIpc) is 3.12. The number of aliphatic carboxylic acids is 1. The molecule has 0 unspecified atom stereocenters. The maximum absolute atomic E-state index is 12.5. The zero-order valence-electron chi connectivity index (χ0n) is 14.1. The topological polar surface area (TPSA) is 104 Å². The van der Waals surface area contributed by atoms with Crippen molar-refractivity contribution in [2.45, 2.75) is 38.6 Å². The Morgan fingerprint density at radius 2 is 2.00 bits per heavy atom. The number of carbonyl (C=O) groups is 2. The molecule has 1 aliphatic carbocycles. The second-order valence-corrected chi connectivity index (χ2v) is 8.71. The molecule has 1 saturated heterocycles. The molecule has 0 spiro atoms. The number of carbonyl (C=O) groups excluding carboxylic acids is 1. The third-order valence-electron chi connectivity index (χ3n) is 4.99. The molecule has 8 heteroatoms. The lowest BCUT2D eigenvalue weighted by atomic mass is 10.0. The summed E-state index contributed by atoms with van der Waals surface area (Å²) in [5, 5.41) is 12.0. The van der Waals surface area contributed by atoms with Crippen molar-refractivity contribution >= 4 is 27.6 Å². The molecule has 1 aromatic carbocycles. The number of amides is 1. The Morgan fingerprint density at radius 1 is 1.24 bits per heavy atom. The standard InChI is InChI=1S/C17H22N2O5S/c1-11-10-12(19-8-3-9-25(19,23)24)6-7-13(11)16(20)18-15-5-2-4-14(15)17(21)22/h6-7,10,14-15H,2-5,8-9H2,1H3,(H,18,20)(H,21,22)/t14-,15+/m0/s1. The molecule has 1 aliphatic heterocycles. The van der Waals surface area contributed by atoms with Gasteiger partial charge >= 0.3 is 5.97 Å². The van der Waals surface area contributed by atoms with E-state index in [1.165, 1.54) is 4.31 Å². The summed E-state index contributed by atoms with van der Waals surface area (Å²) < 4.78 is 25.4. The minimum atomic E-state index is -3.26. The number of carboxylic acids is 1. The first-order valence-electron chi connectivity index (χ1n) is 8.44. The van der Waals surface area contributed by atoms with E-state index in [1.54, 1.807) is 25.1 Å². The molecule has 7 nitrogen and oxygen atoms in total. The van der Waals surface area contributed by atoms with Crippen molar-refractivity contribution < 1.29 is 23.1 Å². The predicted octanol–water partition coefficient (Wildman–Crippen LogP) is 1.52. The molecule has 0 aromatic heterocycles. The SMILES string of the molecule is Cc1cc(N2CCCS2(=O)=O)ccc1C(=O)N[C@@H]1CCC[C@@H]1C(=O)O. The molecular formula is C17H22N2O5S. The van der Waals surface area contributed by atoms with Gasteiger partial charge in [-0.3, -0.25) is 13.9 Å². The number of carboxylic acid groups (broad SMARTS) is 1. The van der Waals surface area contributed by atoms with Crippen LogP contribution in [0, 0.1) is 12.8 Å². The highest BCUT2D eigenvalue weighted by Crippen LogP contribution is 2.28. The summed E-state index contributed by atoms with van der Waals surface area (Å²) >= 11 is 0. The van der Waals surface area contributed by atoms with Gasteiger partial charge in [-0.05, 0) is 49.9 Å². The van der Waals surface area contributed by atoms with Crippen LogP contribution in [0.3, 0.4) is 0 Å². The molecule has 1 heterocycles. The molecule has 2 aliphatic rings. The second kappa shape index (κ2) is 6.67. The molecule has 2 atom stereocenters.